The summed E-state index contributed by atoms with van der Waals surface area (Å²) in [7, 11) is 0. The highest BCUT2D eigenvalue weighted by atomic mass is 79.9. The minimum absolute atomic E-state index is 0.155. The van der Waals surface area contributed by atoms with Gasteiger partial charge in [-0.05, 0) is 41.6 Å². The number of carbonyl (C=O) groups is 1. The number of aromatic nitrogens is 2. The summed E-state index contributed by atoms with van der Waals surface area (Å²) < 4.78 is 5.87. The van der Waals surface area contributed by atoms with Crippen molar-refractivity contribution >= 4 is 28.0 Å². The average Bonchev–Trinajstić information content (AvgIpc) is 2.89. The number of hydrogen-bond acceptors (Lipinski definition) is 5. The quantitative estimate of drug-likeness (QED) is 0.915. The van der Waals surface area contributed by atoms with Crippen molar-refractivity contribution in [2.75, 3.05) is 18.5 Å². The molecule has 1 aromatic rings. The van der Waals surface area contributed by atoms with Gasteiger partial charge in [-0.15, -0.1) is 0 Å². The number of amides is 1. The fourth-order valence-corrected chi connectivity index (χ4v) is 3.04. The topological polar surface area (TPSA) is 67.3 Å². The lowest BCUT2D eigenvalue weighted by Gasteiger charge is -2.33. The first kappa shape index (κ1) is 13.6. The van der Waals surface area contributed by atoms with Gasteiger partial charge in [0.25, 0.3) is 0 Å². The van der Waals surface area contributed by atoms with Crippen molar-refractivity contribution in [1.82, 2.24) is 14.9 Å². The van der Waals surface area contributed by atoms with E-state index in [4.69, 9.17) is 4.74 Å². The van der Waals surface area contributed by atoms with Crippen LogP contribution in [0.15, 0.2) is 16.9 Å². The third-order valence-corrected chi connectivity index (χ3v) is 4.29. The number of anilines is 1. The molecule has 1 N–H and O–H groups in total. The molecule has 6 nitrogen and oxygen atoms in total. The van der Waals surface area contributed by atoms with Gasteiger partial charge >= 0.3 is 6.09 Å². The number of ether oxygens (including phenoxy) is 1. The molecule has 0 bridgehead atoms. The molecule has 1 aromatic heterocycles. The van der Waals surface area contributed by atoms with Crippen molar-refractivity contribution in [3.05, 3.63) is 16.9 Å². The summed E-state index contributed by atoms with van der Waals surface area (Å²) in [5.74, 6) is 0.664. The fraction of sp³-hybridized carbons (Fsp3) is 0.615. The summed E-state index contributed by atoms with van der Waals surface area (Å²) in [5.41, 5.74) is 0. The van der Waals surface area contributed by atoms with E-state index in [1.165, 1.54) is 0 Å². The molecule has 3 rings (SSSR count). The van der Waals surface area contributed by atoms with Crippen LogP contribution >= 0.6 is 15.9 Å². The van der Waals surface area contributed by atoms with Crippen molar-refractivity contribution in [2.45, 2.75) is 37.8 Å². The van der Waals surface area contributed by atoms with Crippen LogP contribution in [0.3, 0.4) is 0 Å². The lowest BCUT2D eigenvalue weighted by Crippen LogP contribution is -2.41. The van der Waals surface area contributed by atoms with Crippen molar-refractivity contribution in [3.8, 4) is 0 Å². The summed E-state index contributed by atoms with van der Waals surface area (Å²) in [6.07, 6.45) is 7.37. The first-order valence-electron chi connectivity index (χ1n) is 6.90. The van der Waals surface area contributed by atoms with E-state index in [2.05, 4.69) is 31.2 Å². The van der Waals surface area contributed by atoms with E-state index in [1.54, 1.807) is 12.4 Å². The van der Waals surface area contributed by atoms with Crippen molar-refractivity contribution in [3.63, 3.8) is 0 Å². The predicted octanol–water partition coefficient (Wildman–Crippen LogP) is 2.41. The van der Waals surface area contributed by atoms with E-state index < -0.39 is 0 Å². The Kier molecular flexibility index (Phi) is 4.05. The van der Waals surface area contributed by atoms with Crippen molar-refractivity contribution < 1.29 is 9.53 Å². The second-order valence-corrected chi connectivity index (χ2v) is 6.10. The first-order valence-corrected chi connectivity index (χ1v) is 7.69. The molecule has 1 saturated carbocycles. The lowest BCUT2D eigenvalue weighted by atomic mass is 9.90. The molecule has 0 aromatic carbocycles. The van der Waals surface area contributed by atoms with E-state index in [-0.39, 0.29) is 6.09 Å². The minimum atomic E-state index is -0.155. The Bertz CT molecular complexity index is 474. The molecule has 0 radical (unpaired) electrons. The normalized spacial score (nSPS) is 26.4. The molecular formula is C13H17BrN4O2. The van der Waals surface area contributed by atoms with Crippen LogP contribution in [0.5, 0.6) is 0 Å². The van der Waals surface area contributed by atoms with Gasteiger partial charge in [-0.25, -0.2) is 14.8 Å². The molecule has 0 atom stereocenters. The number of rotatable bonds is 3. The standard InChI is InChI=1S/C13H17BrN4O2/c14-9-7-15-12(16-8-9)17-10-1-3-11(4-2-10)18-5-6-20-13(18)19/h7-8,10-11H,1-6H2,(H,15,16,17). The maximum Gasteiger partial charge on any atom is 0.410 e. The Labute approximate surface area is 126 Å². The molecule has 1 amide bonds. The van der Waals surface area contributed by atoms with Crippen LogP contribution in [0.2, 0.25) is 0 Å². The maximum atomic E-state index is 11.5. The molecule has 108 valence electrons. The molecule has 1 aliphatic heterocycles. The van der Waals surface area contributed by atoms with Gasteiger partial charge in [0.2, 0.25) is 5.95 Å². The Balaban J connectivity index is 1.51. The van der Waals surface area contributed by atoms with Gasteiger partial charge in [0.15, 0.2) is 0 Å². The van der Waals surface area contributed by atoms with Crippen LogP contribution in [0.4, 0.5) is 10.7 Å². The fourth-order valence-electron chi connectivity index (χ4n) is 2.84. The Morgan fingerprint density at radius 1 is 1.25 bits per heavy atom. The van der Waals surface area contributed by atoms with E-state index in [9.17, 15) is 4.79 Å². The Morgan fingerprint density at radius 3 is 2.55 bits per heavy atom. The zero-order valence-electron chi connectivity index (χ0n) is 11.1. The smallest absolute Gasteiger partial charge is 0.410 e. The highest BCUT2D eigenvalue weighted by Gasteiger charge is 2.32. The number of nitrogens with one attached hydrogen (secondary N) is 1. The molecular weight excluding hydrogens is 324 g/mol. The van der Waals surface area contributed by atoms with Gasteiger partial charge in [0, 0.05) is 24.5 Å². The molecule has 1 saturated heterocycles. The summed E-state index contributed by atoms with van der Waals surface area (Å²) >= 11 is 3.32. The van der Waals surface area contributed by atoms with Crippen LogP contribution in [0.1, 0.15) is 25.7 Å². The third-order valence-electron chi connectivity index (χ3n) is 3.88. The Morgan fingerprint density at radius 2 is 1.95 bits per heavy atom. The summed E-state index contributed by atoms with van der Waals surface area (Å²) in [4.78, 5) is 21.9. The number of carbonyl (C=O) groups excluding carboxylic acids is 1. The molecule has 0 unspecified atom stereocenters. The molecule has 7 heteroatoms. The van der Waals surface area contributed by atoms with E-state index in [0.717, 1.165) is 36.7 Å². The van der Waals surface area contributed by atoms with Crippen molar-refractivity contribution in [1.29, 1.82) is 0 Å². The zero-order chi connectivity index (χ0) is 13.9. The van der Waals surface area contributed by atoms with Gasteiger partial charge in [-0.1, -0.05) is 0 Å². The van der Waals surface area contributed by atoms with Crippen LogP contribution in [0.25, 0.3) is 0 Å². The largest absolute Gasteiger partial charge is 0.448 e. The number of halogens is 1. The minimum Gasteiger partial charge on any atom is -0.448 e. The second-order valence-electron chi connectivity index (χ2n) is 5.18. The third kappa shape index (κ3) is 3.03. The molecule has 2 aliphatic rings. The first-order chi connectivity index (χ1) is 9.72. The Hall–Kier alpha value is -1.37. The lowest BCUT2D eigenvalue weighted by molar-refractivity contribution is 0.138. The second kappa shape index (κ2) is 5.95. The van der Waals surface area contributed by atoms with E-state index in [1.807, 2.05) is 4.90 Å². The van der Waals surface area contributed by atoms with Gasteiger partial charge in [-0.2, -0.15) is 0 Å². The number of cyclic esters (lactones) is 1. The predicted molar refractivity (Wildman–Crippen MR) is 77.5 cm³/mol. The number of nitrogens with zero attached hydrogens (tertiary/aromatic N) is 3. The molecule has 2 heterocycles. The maximum absolute atomic E-state index is 11.5. The monoisotopic (exact) mass is 340 g/mol. The molecule has 2 fully saturated rings. The van der Waals surface area contributed by atoms with Crippen LogP contribution in [0, 0.1) is 0 Å². The highest BCUT2D eigenvalue weighted by Crippen LogP contribution is 2.26. The SMILES string of the molecule is O=C1OCCN1C1CCC(Nc2ncc(Br)cn2)CC1. The summed E-state index contributed by atoms with van der Waals surface area (Å²) in [6.45, 7) is 1.27. The highest BCUT2D eigenvalue weighted by molar-refractivity contribution is 9.10. The molecule has 20 heavy (non-hydrogen) atoms. The van der Waals surface area contributed by atoms with Gasteiger partial charge in [0.05, 0.1) is 11.0 Å². The average molecular weight is 341 g/mol. The zero-order valence-corrected chi connectivity index (χ0v) is 12.7. The van der Waals surface area contributed by atoms with Gasteiger partial charge in [0.1, 0.15) is 6.61 Å². The van der Waals surface area contributed by atoms with Crippen LogP contribution < -0.4 is 5.32 Å². The summed E-state index contributed by atoms with van der Waals surface area (Å²) in [5, 5.41) is 3.35. The van der Waals surface area contributed by atoms with E-state index in [0.29, 0.717) is 24.6 Å². The van der Waals surface area contributed by atoms with Gasteiger partial charge < -0.3 is 15.0 Å². The van der Waals surface area contributed by atoms with Crippen LogP contribution in [-0.4, -0.2) is 46.2 Å². The van der Waals surface area contributed by atoms with E-state index >= 15 is 0 Å². The molecule has 0 spiro atoms. The van der Waals surface area contributed by atoms with Crippen LogP contribution in [-0.2, 0) is 4.74 Å². The van der Waals surface area contributed by atoms with Crippen molar-refractivity contribution in [2.24, 2.45) is 0 Å². The number of hydrogen-bond donors (Lipinski definition) is 1. The van der Waals surface area contributed by atoms with Gasteiger partial charge in [-0.3, -0.25) is 0 Å². The molecule has 1 aliphatic carbocycles. The summed E-state index contributed by atoms with van der Waals surface area (Å²) in [6, 6.07) is 0.708.